The molecule has 0 saturated carbocycles. The lowest BCUT2D eigenvalue weighted by Crippen LogP contribution is -2.43. The van der Waals surface area contributed by atoms with Gasteiger partial charge in [-0.15, -0.1) is 11.3 Å². The Bertz CT molecular complexity index is 987. The topological polar surface area (TPSA) is 96.3 Å². The van der Waals surface area contributed by atoms with Gasteiger partial charge in [0.1, 0.15) is 4.88 Å². The van der Waals surface area contributed by atoms with Crippen molar-refractivity contribution in [3.63, 3.8) is 0 Å². The Kier molecular flexibility index (Phi) is 8.80. The van der Waals surface area contributed by atoms with Gasteiger partial charge in [0.15, 0.2) is 0 Å². The molecule has 8 heteroatoms. The number of benzene rings is 1. The maximum Gasteiger partial charge on any atom is 0.348 e. The monoisotopic (exact) mass is 473 g/mol. The Hall–Kier alpha value is -2.52. The molecule has 1 aliphatic heterocycles. The summed E-state index contributed by atoms with van der Waals surface area (Å²) in [6.45, 7) is 2.43. The van der Waals surface area contributed by atoms with Gasteiger partial charge in [-0.3, -0.25) is 4.79 Å². The van der Waals surface area contributed by atoms with Crippen molar-refractivity contribution in [2.45, 2.75) is 57.1 Å². The minimum atomic E-state index is -0.832. The molecule has 0 radical (unpaired) electrons. The van der Waals surface area contributed by atoms with E-state index < -0.39 is 18.2 Å². The van der Waals surface area contributed by atoms with Crippen LogP contribution in [0.5, 0.6) is 0 Å². The smallest absolute Gasteiger partial charge is 0.348 e. The van der Waals surface area contributed by atoms with Gasteiger partial charge in [0, 0.05) is 19.6 Å². The largest absolute Gasteiger partial charge is 0.465 e. The van der Waals surface area contributed by atoms with Crippen LogP contribution in [-0.2, 0) is 33.7 Å². The lowest BCUT2D eigenvalue weighted by Gasteiger charge is -2.30. The lowest BCUT2D eigenvalue weighted by molar-refractivity contribution is -0.130. The molecule has 1 aromatic carbocycles. The number of aliphatic hydroxyl groups is 2. The second-order valence-electron chi connectivity index (χ2n) is 8.34. The molecule has 1 amide bonds. The average Bonchev–Trinajstić information content (AvgIpc) is 3.35. The van der Waals surface area contributed by atoms with Gasteiger partial charge in [-0.1, -0.05) is 36.4 Å². The zero-order valence-electron chi connectivity index (χ0n) is 19.1. The second kappa shape index (κ2) is 11.6. The number of likely N-dealkylation sites (tertiary alicyclic amines) is 1. The Morgan fingerprint density at radius 1 is 1.24 bits per heavy atom. The Morgan fingerprint density at radius 2 is 2.00 bits per heavy atom. The Balaban J connectivity index is 1.65. The van der Waals surface area contributed by atoms with Crippen molar-refractivity contribution in [1.29, 1.82) is 0 Å². The fourth-order valence-electron chi connectivity index (χ4n) is 4.21. The Labute approximate surface area is 198 Å². The summed E-state index contributed by atoms with van der Waals surface area (Å²) < 4.78 is 9.91. The van der Waals surface area contributed by atoms with Crippen molar-refractivity contribution in [3.8, 4) is 0 Å². The maximum absolute atomic E-state index is 12.6. The zero-order valence-corrected chi connectivity index (χ0v) is 20.0. The molecule has 0 spiro atoms. The first kappa shape index (κ1) is 25.1. The summed E-state index contributed by atoms with van der Waals surface area (Å²) in [5.41, 5.74) is 2.95. The standard InChI is InChI=1S/C25H31NO6S/c1-16(9-19-12-23(33-15-19)25(30)32-3)26-21(22(28)13-24(26)29)8-7-20(27)11-17-5-4-6-18(10-17)14-31-2/h4-8,10,12,15-16,20-22,27-28H,9,11,13-14H2,1-3H3/b8-7+/t16?,20-,21-,22-/m1/s1. The number of carbonyl (C=O) groups is 2. The highest BCUT2D eigenvalue weighted by Crippen LogP contribution is 2.26. The van der Waals surface area contributed by atoms with Gasteiger partial charge in [-0.25, -0.2) is 4.79 Å². The summed E-state index contributed by atoms with van der Waals surface area (Å²) in [7, 11) is 2.98. The molecule has 1 fully saturated rings. The first-order chi connectivity index (χ1) is 15.8. The Morgan fingerprint density at radius 3 is 2.73 bits per heavy atom. The molecule has 2 heterocycles. The first-order valence-electron chi connectivity index (χ1n) is 10.9. The van der Waals surface area contributed by atoms with Crippen molar-refractivity contribution in [1.82, 2.24) is 4.90 Å². The van der Waals surface area contributed by atoms with E-state index in [-0.39, 0.29) is 24.3 Å². The molecule has 178 valence electrons. The number of methoxy groups -OCH3 is 2. The minimum absolute atomic E-state index is 0.0472. The number of hydrogen-bond acceptors (Lipinski definition) is 7. The van der Waals surface area contributed by atoms with E-state index in [1.54, 1.807) is 30.2 Å². The van der Waals surface area contributed by atoms with Gasteiger partial charge >= 0.3 is 5.97 Å². The fraction of sp³-hybridized carbons (Fsp3) is 0.440. The van der Waals surface area contributed by atoms with Gasteiger partial charge in [0.05, 0.1) is 38.4 Å². The van der Waals surface area contributed by atoms with Crippen LogP contribution in [0.1, 0.15) is 39.7 Å². The molecule has 2 aromatic rings. The molecule has 1 saturated heterocycles. The van der Waals surface area contributed by atoms with Crippen LogP contribution < -0.4 is 0 Å². The third-order valence-corrected chi connectivity index (χ3v) is 6.67. The molecule has 1 unspecified atom stereocenters. The van der Waals surface area contributed by atoms with Crippen molar-refractivity contribution < 1.29 is 29.3 Å². The van der Waals surface area contributed by atoms with Crippen LogP contribution in [0.2, 0.25) is 0 Å². The van der Waals surface area contributed by atoms with Crippen molar-refractivity contribution in [3.05, 3.63) is 69.4 Å². The number of ether oxygens (including phenoxy) is 2. The van der Waals surface area contributed by atoms with Crippen LogP contribution >= 0.6 is 11.3 Å². The number of rotatable bonds is 10. The highest BCUT2D eigenvalue weighted by atomic mass is 32.1. The minimum Gasteiger partial charge on any atom is -0.465 e. The molecule has 7 nitrogen and oxygen atoms in total. The molecular weight excluding hydrogens is 442 g/mol. The highest BCUT2D eigenvalue weighted by molar-refractivity contribution is 7.12. The van der Waals surface area contributed by atoms with Crippen LogP contribution in [0.15, 0.2) is 47.9 Å². The van der Waals surface area contributed by atoms with Crippen LogP contribution in [0.4, 0.5) is 0 Å². The van der Waals surface area contributed by atoms with Gasteiger partial charge in [-0.2, -0.15) is 0 Å². The molecule has 1 aromatic heterocycles. The molecule has 4 atom stereocenters. The number of aliphatic hydroxyl groups excluding tert-OH is 2. The van der Waals surface area contributed by atoms with Crippen LogP contribution in [0.3, 0.4) is 0 Å². The summed E-state index contributed by atoms with van der Waals surface area (Å²) in [6.07, 6.45) is 2.81. The number of nitrogens with zero attached hydrogens (tertiary/aromatic N) is 1. The highest BCUT2D eigenvalue weighted by Gasteiger charge is 2.39. The molecule has 33 heavy (non-hydrogen) atoms. The van der Waals surface area contributed by atoms with Crippen LogP contribution in [-0.4, -0.2) is 65.5 Å². The molecule has 3 rings (SSSR count). The quantitative estimate of drug-likeness (QED) is 0.407. The second-order valence-corrected chi connectivity index (χ2v) is 9.25. The van der Waals surface area contributed by atoms with Crippen molar-refractivity contribution in [2.75, 3.05) is 14.2 Å². The normalized spacial score (nSPS) is 20.4. The molecule has 2 N–H and O–H groups in total. The lowest BCUT2D eigenvalue weighted by atomic mass is 10.0. The van der Waals surface area contributed by atoms with E-state index in [2.05, 4.69) is 0 Å². The van der Waals surface area contributed by atoms with E-state index in [0.717, 1.165) is 16.7 Å². The van der Waals surface area contributed by atoms with Gasteiger partial charge in [-0.05, 0) is 41.5 Å². The van der Waals surface area contributed by atoms with Gasteiger partial charge < -0.3 is 24.6 Å². The SMILES string of the molecule is COCc1cccc(C[C@H](O)/C=C/[C@@H]2[C@H](O)CC(=O)N2C(C)Cc2csc(C(=O)OC)c2)c1. The summed E-state index contributed by atoms with van der Waals surface area (Å²) in [5.74, 6) is -0.510. The molecule has 1 aliphatic rings. The molecular formula is C25H31NO6S. The summed E-state index contributed by atoms with van der Waals surface area (Å²) in [4.78, 5) is 26.5. The van der Waals surface area contributed by atoms with E-state index in [0.29, 0.717) is 24.3 Å². The molecule has 0 aliphatic carbocycles. The number of amides is 1. The number of thiophene rings is 1. The van der Waals surface area contributed by atoms with E-state index in [1.807, 2.05) is 36.6 Å². The number of esters is 1. The van der Waals surface area contributed by atoms with E-state index in [1.165, 1.54) is 18.4 Å². The fourth-order valence-corrected chi connectivity index (χ4v) is 5.05. The summed E-state index contributed by atoms with van der Waals surface area (Å²) in [5, 5.41) is 22.9. The van der Waals surface area contributed by atoms with E-state index in [4.69, 9.17) is 9.47 Å². The van der Waals surface area contributed by atoms with Gasteiger partial charge in [0.2, 0.25) is 5.91 Å². The van der Waals surface area contributed by atoms with E-state index >= 15 is 0 Å². The predicted molar refractivity (Wildman–Crippen MR) is 126 cm³/mol. The van der Waals surface area contributed by atoms with Crippen molar-refractivity contribution >= 4 is 23.2 Å². The number of hydrogen-bond donors (Lipinski definition) is 2. The summed E-state index contributed by atoms with van der Waals surface area (Å²) >= 11 is 1.31. The van der Waals surface area contributed by atoms with E-state index in [9.17, 15) is 19.8 Å². The van der Waals surface area contributed by atoms with Crippen LogP contribution in [0.25, 0.3) is 0 Å². The predicted octanol–water partition coefficient (Wildman–Crippen LogP) is 2.73. The summed E-state index contributed by atoms with van der Waals surface area (Å²) in [6, 6.07) is 8.91. The number of carbonyl (C=O) groups excluding carboxylic acids is 2. The van der Waals surface area contributed by atoms with Crippen LogP contribution in [0, 0.1) is 0 Å². The maximum atomic E-state index is 12.6. The third-order valence-electron chi connectivity index (χ3n) is 5.71. The molecule has 0 bridgehead atoms. The van der Waals surface area contributed by atoms with Gasteiger partial charge in [0.25, 0.3) is 0 Å². The third kappa shape index (κ3) is 6.51. The average molecular weight is 474 g/mol. The first-order valence-corrected chi connectivity index (χ1v) is 11.8. The zero-order chi connectivity index (χ0) is 24.0. The van der Waals surface area contributed by atoms with Crippen molar-refractivity contribution in [2.24, 2.45) is 0 Å².